The normalized spacial score (nSPS) is 17.6. The maximum atomic E-state index is 9.04. The topological polar surface area (TPSA) is 43.6 Å². The van der Waals surface area contributed by atoms with Gasteiger partial charge in [0, 0.05) is 22.0 Å². The summed E-state index contributed by atoms with van der Waals surface area (Å²) in [6.45, 7) is 0. The minimum Gasteiger partial charge on any atom is -0.309 e. The summed E-state index contributed by atoms with van der Waals surface area (Å²) in [5, 5.41) is -1.29. The molecule has 0 saturated carbocycles. The molecule has 0 amide bonds. The fraction of sp³-hybridized carbons (Fsp3) is 0. The summed E-state index contributed by atoms with van der Waals surface area (Å²) in [6.07, 6.45) is 0. The Bertz CT molecular complexity index is 1880. The van der Waals surface area contributed by atoms with Crippen LogP contribution in [0.15, 0.2) is 72.5 Å². The van der Waals surface area contributed by atoms with Crippen LogP contribution in [0.3, 0.4) is 0 Å². The van der Waals surface area contributed by atoms with Gasteiger partial charge in [-0.05, 0) is 47.4 Å². The van der Waals surface area contributed by atoms with Gasteiger partial charge in [-0.3, -0.25) is 0 Å². The summed E-state index contributed by atoms with van der Waals surface area (Å²) in [7, 11) is 0. The van der Waals surface area contributed by atoms with Crippen molar-refractivity contribution >= 4 is 45.0 Å². The molecule has 5 aromatic rings. The number of halogens is 2. The molecular weight excluding hydrogens is 379 g/mol. The number of fused-ring (bicyclic) bond motifs is 3. The van der Waals surface area contributed by atoms with Gasteiger partial charge in [-0.25, -0.2) is 0 Å². The third kappa shape index (κ3) is 2.74. The molecule has 0 aliphatic rings. The highest BCUT2D eigenvalue weighted by Crippen LogP contribution is 2.34. The van der Waals surface area contributed by atoms with Crippen LogP contribution in [0.1, 0.15) is 16.4 Å². The van der Waals surface area contributed by atoms with Gasteiger partial charge in [0.05, 0.1) is 27.5 Å². The number of para-hydroxylation sites is 2. The van der Waals surface area contributed by atoms with Crippen LogP contribution >= 0.6 is 23.2 Å². The molecule has 4 nitrogen and oxygen atoms in total. The standard InChI is InChI=1S/C21H12Cl2N4/c22-20-24-19(25-21(23)26-20)13-10-11-16-15-8-4-5-9-17(15)27(18(16)12-13)14-6-2-1-3-7-14/h1-12H/i1D,2D,3D,4D,5D,6D,7D,8D,9D,10D,11D,12D. The predicted molar refractivity (Wildman–Crippen MR) is 110 cm³/mol. The van der Waals surface area contributed by atoms with E-state index in [1.54, 1.807) is 0 Å². The van der Waals surface area contributed by atoms with Crippen molar-refractivity contribution < 1.29 is 16.4 Å². The molecule has 2 heterocycles. The molecule has 130 valence electrons. The highest BCUT2D eigenvalue weighted by Gasteiger charge is 2.14. The Hall–Kier alpha value is -2.95. The van der Waals surface area contributed by atoms with Crippen molar-refractivity contribution in [2.24, 2.45) is 0 Å². The van der Waals surface area contributed by atoms with Crippen LogP contribution in [0, 0.1) is 0 Å². The Morgan fingerprint density at radius 3 is 2.15 bits per heavy atom. The molecule has 0 radical (unpaired) electrons. The molecule has 0 atom stereocenters. The van der Waals surface area contributed by atoms with Crippen molar-refractivity contribution in [1.82, 2.24) is 19.5 Å². The van der Waals surface area contributed by atoms with E-state index < -0.39 is 78.2 Å². The third-order valence-electron chi connectivity index (χ3n) is 3.67. The molecule has 0 aliphatic heterocycles. The van der Waals surface area contributed by atoms with E-state index in [1.165, 1.54) is 0 Å². The van der Waals surface area contributed by atoms with E-state index in [-0.39, 0.29) is 43.8 Å². The van der Waals surface area contributed by atoms with Crippen molar-refractivity contribution in [3.05, 3.63) is 83.1 Å². The van der Waals surface area contributed by atoms with E-state index in [9.17, 15) is 0 Å². The molecule has 0 bridgehead atoms. The minimum atomic E-state index is -0.729. The van der Waals surface area contributed by atoms with E-state index in [0.29, 0.717) is 0 Å². The molecule has 2 aromatic heterocycles. The van der Waals surface area contributed by atoms with Crippen molar-refractivity contribution in [3.63, 3.8) is 0 Å². The van der Waals surface area contributed by atoms with Crippen molar-refractivity contribution in [3.8, 4) is 17.1 Å². The van der Waals surface area contributed by atoms with Gasteiger partial charge in [-0.2, -0.15) is 15.0 Å². The van der Waals surface area contributed by atoms with Crippen LogP contribution in [0.5, 0.6) is 0 Å². The lowest BCUT2D eigenvalue weighted by Gasteiger charge is -2.08. The SMILES string of the molecule is [2H]c1c([2H])c([2H])c(-n2c3c([2H])c([2H])c([2H])c([2H])c3c3c([2H])c([2H])c(-c4nc(Cl)nc(Cl)n4)c([2H])c32)c([2H])c1[2H]. The molecule has 0 spiro atoms. The first-order valence-corrected chi connectivity index (χ1v) is 8.15. The number of hydrogen-bond acceptors (Lipinski definition) is 3. The van der Waals surface area contributed by atoms with Gasteiger partial charge in [0.1, 0.15) is 0 Å². The molecule has 3 aromatic carbocycles. The molecule has 27 heavy (non-hydrogen) atoms. The fourth-order valence-electron chi connectivity index (χ4n) is 2.64. The van der Waals surface area contributed by atoms with E-state index in [1.807, 2.05) is 0 Å². The van der Waals surface area contributed by atoms with Crippen LogP contribution in [0.2, 0.25) is 10.6 Å². The molecule has 0 unspecified atom stereocenters. The second kappa shape index (κ2) is 6.34. The lowest BCUT2D eigenvalue weighted by Crippen LogP contribution is -1.95. The molecular formula is C21H12Cl2N4. The molecule has 0 saturated heterocycles. The van der Waals surface area contributed by atoms with Gasteiger partial charge in [-0.15, -0.1) is 0 Å². The van der Waals surface area contributed by atoms with Gasteiger partial charge in [0.2, 0.25) is 10.6 Å². The Morgan fingerprint density at radius 1 is 0.704 bits per heavy atom. The Labute approximate surface area is 181 Å². The number of hydrogen-bond donors (Lipinski definition) is 0. The van der Waals surface area contributed by atoms with Crippen LogP contribution in [0.4, 0.5) is 0 Å². The summed E-state index contributed by atoms with van der Waals surface area (Å²) in [6, 6.07) is -7.97. The smallest absolute Gasteiger partial charge is 0.227 e. The zero-order chi connectivity index (χ0) is 28.8. The van der Waals surface area contributed by atoms with Gasteiger partial charge in [-0.1, -0.05) is 48.3 Å². The van der Waals surface area contributed by atoms with E-state index in [2.05, 4.69) is 15.0 Å². The Morgan fingerprint density at radius 2 is 1.37 bits per heavy atom. The first-order chi connectivity index (χ1) is 18.2. The number of aromatic nitrogens is 4. The van der Waals surface area contributed by atoms with Gasteiger partial charge in [0.15, 0.2) is 5.82 Å². The molecule has 0 aliphatic carbocycles. The predicted octanol–water partition coefficient (Wildman–Crippen LogP) is 5.94. The summed E-state index contributed by atoms with van der Waals surface area (Å²) in [5.74, 6) is -0.358. The van der Waals surface area contributed by atoms with Gasteiger partial charge >= 0.3 is 0 Å². The molecule has 5 rings (SSSR count). The minimum absolute atomic E-state index is 0.270. The third-order valence-corrected chi connectivity index (χ3v) is 4.01. The Balaban J connectivity index is 2.17. The largest absolute Gasteiger partial charge is 0.309 e. The van der Waals surface area contributed by atoms with Crippen molar-refractivity contribution in [2.45, 2.75) is 0 Å². The molecule has 6 heteroatoms. The van der Waals surface area contributed by atoms with Crippen LogP contribution in [-0.2, 0) is 0 Å². The summed E-state index contributed by atoms with van der Waals surface area (Å²) >= 11 is 11.8. The van der Waals surface area contributed by atoms with E-state index >= 15 is 0 Å². The van der Waals surface area contributed by atoms with Crippen LogP contribution in [-0.4, -0.2) is 19.5 Å². The average molecular weight is 403 g/mol. The van der Waals surface area contributed by atoms with Crippen LogP contribution < -0.4 is 0 Å². The summed E-state index contributed by atoms with van der Waals surface area (Å²) in [5.41, 5.74) is -1.57. The number of nitrogens with zero attached hydrogens (tertiary/aromatic N) is 4. The van der Waals surface area contributed by atoms with Gasteiger partial charge < -0.3 is 4.57 Å². The lowest BCUT2D eigenvalue weighted by atomic mass is 10.1. The quantitative estimate of drug-likeness (QED) is 0.366. The average Bonchev–Trinajstić information content (AvgIpc) is 3.23. The van der Waals surface area contributed by atoms with E-state index in [0.717, 1.165) is 4.57 Å². The second-order valence-electron chi connectivity index (χ2n) is 5.20. The lowest BCUT2D eigenvalue weighted by molar-refractivity contribution is 1.06. The highest BCUT2D eigenvalue weighted by molar-refractivity contribution is 6.31. The summed E-state index contributed by atoms with van der Waals surface area (Å²) < 4.78 is 102. The number of benzene rings is 3. The second-order valence-corrected chi connectivity index (χ2v) is 5.88. The summed E-state index contributed by atoms with van der Waals surface area (Å²) in [4.78, 5) is 11.4. The fourth-order valence-corrected chi connectivity index (χ4v) is 3.00. The van der Waals surface area contributed by atoms with Crippen LogP contribution in [0.25, 0.3) is 38.9 Å². The zero-order valence-corrected chi connectivity index (χ0v) is 14.6. The first kappa shape index (κ1) is 7.97. The Kier molecular flexibility index (Phi) is 1.87. The highest BCUT2D eigenvalue weighted by atomic mass is 35.5. The van der Waals surface area contributed by atoms with Crippen molar-refractivity contribution in [1.29, 1.82) is 0 Å². The zero-order valence-electron chi connectivity index (χ0n) is 25.0. The van der Waals surface area contributed by atoms with E-state index in [4.69, 9.17) is 39.7 Å². The first-order valence-electron chi connectivity index (χ1n) is 13.4. The molecule has 0 N–H and O–H groups in total. The number of rotatable bonds is 2. The monoisotopic (exact) mass is 402 g/mol. The maximum absolute atomic E-state index is 9.04. The molecule has 0 fully saturated rings. The maximum Gasteiger partial charge on any atom is 0.227 e. The van der Waals surface area contributed by atoms with Gasteiger partial charge in [0.25, 0.3) is 0 Å². The van der Waals surface area contributed by atoms with Crippen molar-refractivity contribution in [2.75, 3.05) is 0 Å².